The highest BCUT2D eigenvalue weighted by atomic mass is 16.6. The largest absolute Gasteiger partial charge is 0.415 e. The molecule has 0 N–H and O–H groups in total. The number of carbonyl (C=O) groups excluding carboxylic acids is 1. The number of aromatic nitrogens is 1. The maximum Gasteiger partial charge on any atom is 0.415 e. The molecule has 1 fully saturated rings. The third kappa shape index (κ3) is 4.07. The number of nitrogens with zero attached hydrogens (tertiary/aromatic N) is 3. The van der Waals surface area contributed by atoms with Crippen molar-refractivity contribution in [3.8, 4) is 5.75 Å². The first kappa shape index (κ1) is 17.8. The number of pyridine rings is 1. The molecule has 1 aliphatic heterocycles. The number of anilines is 1. The summed E-state index contributed by atoms with van der Waals surface area (Å²) in [6.07, 6.45) is 10.3. The summed E-state index contributed by atoms with van der Waals surface area (Å²) in [7, 11) is 1.86. The average molecular weight is 365 g/mol. The SMILES string of the molecule is CN(C(=O)Oc1ccc2c(c1)CCN2Cc1cccnc1)C1CCCCC1. The lowest BCUT2D eigenvalue weighted by atomic mass is 9.95. The summed E-state index contributed by atoms with van der Waals surface area (Å²) in [6.45, 7) is 1.83. The van der Waals surface area contributed by atoms with Crippen LogP contribution in [0, 0.1) is 0 Å². The zero-order valence-electron chi connectivity index (χ0n) is 15.9. The summed E-state index contributed by atoms with van der Waals surface area (Å²) in [6, 6.07) is 10.4. The molecule has 0 bridgehead atoms. The van der Waals surface area contributed by atoms with Crippen LogP contribution in [0.2, 0.25) is 0 Å². The van der Waals surface area contributed by atoms with Gasteiger partial charge in [0.15, 0.2) is 0 Å². The summed E-state index contributed by atoms with van der Waals surface area (Å²) in [5.41, 5.74) is 3.67. The molecule has 0 spiro atoms. The van der Waals surface area contributed by atoms with E-state index in [2.05, 4.69) is 22.0 Å². The smallest absolute Gasteiger partial charge is 0.410 e. The Morgan fingerprint density at radius 1 is 1.26 bits per heavy atom. The fraction of sp³-hybridized carbons (Fsp3) is 0.455. The van der Waals surface area contributed by atoms with E-state index >= 15 is 0 Å². The van der Waals surface area contributed by atoms with Crippen molar-refractivity contribution in [1.82, 2.24) is 9.88 Å². The molecule has 1 aromatic carbocycles. The van der Waals surface area contributed by atoms with Crippen molar-refractivity contribution in [2.45, 2.75) is 51.1 Å². The molecule has 1 aromatic heterocycles. The van der Waals surface area contributed by atoms with Crippen LogP contribution in [0.5, 0.6) is 5.75 Å². The van der Waals surface area contributed by atoms with Crippen molar-refractivity contribution < 1.29 is 9.53 Å². The second kappa shape index (κ2) is 7.99. The third-order valence-electron chi connectivity index (χ3n) is 5.75. The van der Waals surface area contributed by atoms with Gasteiger partial charge in [0.05, 0.1) is 0 Å². The van der Waals surface area contributed by atoms with E-state index in [0.717, 1.165) is 32.4 Å². The first-order valence-corrected chi connectivity index (χ1v) is 9.92. The number of ether oxygens (including phenoxy) is 1. The van der Waals surface area contributed by atoms with Gasteiger partial charge in [-0.2, -0.15) is 0 Å². The Bertz CT molecular complexity index is 787. The Morgan fingerprint density at radius 2 is 2.11 bits per heavy atom. The van der Waals surface area contributed by atoms with Crippen LogP contribution >= 0.6 is 0 Å². The van der Waals surface area contributed by atoms with E-state index in [9.17, 15) is 4.79 Å². The third-order valence-corrected chi connectivity index (χ3v) is 5.75. The molecule has 142 valence electrons. The molecule has 5 heteroatoms. The summed E-state index contributed by atoms with van der Waals surface area (Å²) in [5.74, 6) is 0.643. The van der Waals surface area contributed by atoms with E-state index in [4.69, 9.17) is 4.74 Å². The molecule has 27 heavy (non-hydrogen) atoms. The van der Waals surface area contributed by atoms with Crippen molar-refractivity contribution in [3.05, 3.63) is 53.9 Å². The van der Waals surface area contributed by atoms with Crippen LogP contribution in [0.25, 0.3) is 0 Å². The molecule has 5 nitrogen and oxygen atoms in total. The lowest BCUT2D eigenvalue weighted by Crippen LogP contribution is -2.39. The summed E-state index contributed by atoms with van der Waals surface area (Å²) >= 11 is 0. The molecule has 4 rings (SSSR count). The average Bonchev–Trinajstić information content (AvgIpc) is 3.11. The van der Waals surface area contributed by atoms with Crippen LogP contribution in [0.1, 0.15) is 43.2 Å². The molecule has 0 saturated heterocycles. The normalized spacial score (nSPS) is 16.9. The van der Waals surface area contributed by atoms with Crippen LogP contribution in [0.4, 0.5) is 10.5 Å². The monoisotopic (exact) mass is 365 g/mol. The van der Waals surface area contributed by atoms with Gasteiger partial charge < -0.3 is 14.5 Å². The van der Waals surface area contributed by atoms with Gasteiger partial charge in [-0.15, -0.1) is 0 Å². The molecule has 1 amide bonds. The van der Waals surface area contributed by atoms with Gasteiger partial charge in [0.1, 0.15) is 5.75 Å². The number of benzene rings is 1. The minimum atomic E-state index is -0.243. The Morgan fingerprint density at radius 3 is 2.89 bits per heavy atom. The summed E-state index contributed by atoms with van der Waals surface area (Å²) in [4.78, 5) is 20.8. The van der Waals surface area contributed by atoms with Crippen LogP contribution in [-0.2, 0) is 13.0 Å². The van der Waals surface area contributed by atoms with Gasteiger partial charge in [-0.1, -0.05) is 25.3 Å². The summed E-state index contributed by atoms with van der Waals surface area (Å²) < 4.78 is 5.67. The number of hydrogen-bond acceptors (Lipinski definition) is 4. The summed E-state index contributed by atoms with van der Waals surface area (Å²) in [5, 5.41) is 0. The number of amides is 1. The van der Waals surface area contributed by atoms with E-state index in [1.165, 1.54) is 36.1 Å². The predicted molar refractivity (Wildman–Crippen MR) is 106 cm³/mol. The standard InChI is InChI=1S/C22H27N3O2/c1-24(19-7-3-2-4-8-19)22(26)27-20-9-10-21-18(14-20)11-13-25(21)16-17-6-5-12-23-15-17/h5-6,9-10,12,14-15,19H,2-4,7-8,11,13,16H2,1H3. The number of carbonyl (C=O) groups is 1. The molecule has 2 aliphatic rings. The van der Waals surface area contributed by atoms with Gasteiger partial charge in [0.2, 0.25) is 0 Å². The molecule has 0 radical (unpaired) electrons. The Balaban J connectivity index is 1.40. The molecule has 2 aromatic rings. The lowest BCUT2D eigenvalue weighted by molar-refractivity contribution is 0.133. The molecule has 1 aliphatic carbocycles. The van der Waals surface area contributed by atoms with Crippen LogP contribution in [0.15, 0.2) is 42.7 Å². The van der Waals surface area contributed by atoms with Crippen molar-refractivity contribution in [2.75, 3.05) is 18.5 Å². The molecule has 0 unspecified atom stereocenters. The highest BCUT2D eigenvalue weighted by Gasteiger charge is 2.24. The fourth-order valence-electron chi connectivity index (χ4n) is 4.18. The zero-order valence-corrected chi connectivity index (χ0v) is 15.9. The van der Waals surface area contributed by atoms with E-state index in [1.807, 2.05) is 31.4 Å². The molecule has 0 atom stereocenters. The second-order valence-corrected chi connectivity index (χ2v) is 7.59. The highest BCUT2D eigenvalue weighted by molar-refractivity contribution is 5.71. The predicted octanol–water partition coefficient (Wildman–Crippen LogP) is 4.41. The van der Waals surface area contributed by atoms with Gasteiger partial charge in [-0.3, -0.25) is 4.98 Å². The van der Waals surface area contributed by atoms with E-state index in [1.54, 1.807) is 11.1 Å². The Labute approximate surface area is 161 Å². The first-order valence-electron chi connectivity index (χ1n) is 9.92. The van der Waals surface area contributed by atoms with Crippen molar-refractivity contribution >= 4 is 11.8 Å². The maximum absolute atomic E-state index is 12.5. The van der Waals surface area contributed by atoms with Gasteiger partial charge in [-0.25, -0.2) is 4.79 Å². The molecule has 1 saturated carbocycles. The second-order valence-electron chi connectivity index (χ2n) is 7.59. The maximum atomic E-state index is 12.5. The number of fused-ring (bicyclic) bond motifs is 1. The van der Waals surface area contributed by atoms with Crippen molar-refractivity contribution in [3.63, 3.8) is 0 Å². The van der Waals surface area contributed by atoms with E-state index in [0.29, 0.717) is 11.8 Å². The number of hydrogen-bond donors (Lipinski definition) is 0. The fourth-order valence-corrected chi connectivity index (χ4v) is 4.18. The first-order chi connectivity index (χ1) is 13.2. The van der Waals surface area contributed by atoms with Crippen LogP contribution in [0.3, 0.4) is 0 Å². The van der Waals surface area contributed by atoms with Crippen molar-refractivity contribution in [2.24, 2.45) is 0 Å². The molecular formula is C22H27N3O2. The Kier molecular flexibility index (Phi) is 5.28. The number of rotatable bonds is 4. The lowest BCUT2D eigenvalue weighted by Gasteiger charge is -2.30. The van der Waals surface area contributed by atoms with Gasteiger partial charge in [0.25, 0.3) is 0 Å². The van der Waals surface area contributed by atoms with Crippen LogP contribution in [-0.4, -0.2) is 35.6 Å². The highest BCUT2D eigenvalue weighted by Crippen LogP contribution is 2.32. The van der Waals surface area contributed by atoms with E-state index in [-0.39, 0.29) is 6.09 Å². The zero-order chi connectivity index (χ0) is 18.6. The minimum Gasteiger partial charge on any atom is -0.410 e. The molecule has 2 heterocycles. The Hall–Kier alpha value is -2.56. The van der Waals surface area contributed by atoms with Gasteiger partial charge >= 0.3 is 6.09 Å². The van der Waals surface area contributed by atoms with Gasteiger partial charge in [0, 0.05) is 44.3 Å². The van der Waals surface area contributed by atoms with Gasteiger partial charge in [-0.05, 0) is 54.7 Å². The van der Waals surface area contributed by atoms with Crippen LogP contribution < -0.4 is 9.64 Å². The quantitative estimate of drug-likeness (QED) is 0.805. The minimum absolute atomic E-state index is 0.243. The topological polar surface area (TPSA) is 45.7 Å². The molecular weight excluding hydrogens is 338 g/mol. The van der Waals surface area contributed by atoms with E-state index < -0.39 is 0 Å². The van der Waals surface area contributed by atoms with Crippen molar-refractivity contribution in [1.29, 1.82) is 0 Å².